The van der Waals surface area contributed by atoms with Gasteiger partial charge >= 0.3 is 5.97 Å². The molecule has 26 heavy (non-hydrogen) atoms. The standard InChI is InChI=1S/C20H17FN2O3/c21-15-6-3-5-14(13-15)10-11-18-22-17-8-2-1-7-16(17)20(26)23(18)12-4-9-19(24)25/h1-3,5-8,10-11,13H,4,9,12H2,(H,24,25)/b11-10-. The third kappa shape index (κ3) is 4.03. The highest BCUT2D eigenvalue weighted by molar-refractivity contribution is 5.79. The first-order chi connectivity index (χ1) is 12.5. The number of hydrogen-bond acceptors (Lipinski definition) is 3. The average Bonchev–Trinajstić information content (AvgIpc) is 2.62. The van der Waals surface area contributed by atoms with Crippen LogP contribution in [0.3, 0.4) is 0 Å². The minimum Gasteiger partial charge on any atom is -0.481 e. The summed E-state index contributed by atoms with van der Waals surface area (Å²) in [6, 6.07) is 13.1. The Morgan fingerprint density at radius 1 is 1.15 bits per heavy atom. The highest BCUT2D eigenvalue weighted by Gasteiger charge is 2.09. The van der Waals surface area contributed by atoms with E-state index in [9.17, 15) is 14.0 Å². The minimum atomic E-state index is -0.913. The average molecular weight is 352 g/mol. The van der Waals surface area contributed by atoms with Crippen molar-refractivity contribution in [2.24, 2.45) is 0 Å². The van der Waals surface area contributed by atoms with Gasteiger partial charge in [-0.05, 0) is 42.3 Å². The van der Waals surface area contributed by atoms with E-state index >= 15 is 0 Å². The van der Waals surface area contributed by atoms with Crippen LogP contribution in [-0.2, 0) is 11.3 Å². The van der Waals surface area contributed by atoms with Crippen LogP contribution in [0.5, 0.6) is 0 Å². The Kier molecular flexibility index (Phi) is 5.22. The van der Waals surface area contributed by atoms with Gasteiger partial charge in [0.1, 0.15) is 11.6 Å². The lowest BCUT2D eigenvalue weighted by Crippen LogP contribution is -2.24. The Morgan fingerprint density at radius 3 is 2.73 bits per heavy atom. The molecule has 6 heteroatoms. The molecule has 0 amide bonds. The Hall–Kier alpha value is -3.28. The molecule has 5 nitrogen and oxygen atoms in total. The van der Waals surface area contributed by atoms with Gasteiger partial charge in [0.05, 0.1) is 10.9 Å². The molecular weight excluding hydrogens is 335 g/mol. The van der Waals surface area contributed by atoms with Crippen molar-refractivity contribution in [1.82, 2.24) is 9.55 Å². The Morgan fingerprint density at radius 2 is 1.96 bits per heavy atom. The van der Waals surface area contributed by atoms with Crippen LogP contribution in [0.15, 0.2) is 53.3 Å². The van der Waals surface area contributed by atoms with Crippen LogP contribution in [0.25, 0.3) is 23.1 Å². The van der Waals surface area contributed by atoms with Gasteiger partial charge in [-0.3, -0.25) is 14.2 Å². The summed E-state index contributed by atoms with van der Waals surface area (Å²) in [6.07, 6.45) is 3.60. The highest BCUT2D eigenvalue weighted by Crippen LogP contribution is 2.12. The van der Waals surface area contributed by atoms with Gasteiger partial charge in [-0.2, -0.15) is 0 Å². The van der Waals surface area contributed by atoms with Crippen molar-refractivity contribution >= 4 is 29.0 Å². The number of benzene rings is 2. The molecule has 0 unspecified atom stereocenters. The van der Waals surface area contributed by atoms with Gasteiger partial charge in [0.2, 0.25) is 0 Å². The topological polar surface area (TPSA) is 72.2 Å². The number of carboxylic acids is 1. The number of carboxylic acid groups (broad SMARTS) is 1. The van der Waals surface area contributed by atoms with E-state index in [2.05, 4.69) is 4.98 Å². The number of halogens is 1. The van der Waals surface area contributed by atoms with Gasteiger partial charge in [0.15, 0.2) is 0 Å². The number of nitrogens with zero attached hydrogens (tertiary/aromatic N) is 2. The molecule has 132 valence electrons. The summed E-state index contributed by atoms with van der Waals surface area (Å²) in [5.41, 5.74) is 0.982. The first kappa shape index (κ1) is 17.5. The van der Waals surface area contributed by atoms with Gasteiger partial charge in [-0.15, -0.1) is 0 Å². The molecule has 0 fully saturated rings. The number of fused-ring (bicyclic) bond motifs is 1. The van der Waals surface area contributed by atoms with Gasteiger partial charge in [-0.25, -0.2) is 9.37 Å². The summed E-state index contributed by atoms with van der Waals surface area (Å²) < 4.78 is 14.8. The number of carbonyl (C=O) groups is 1. The summed E-state index contributed by atoms with van der Waals surface area (Å²) in [5.74, 6) is -0.857. The SMILES string of the molecule is O=C(O)CCCn1c(/C=C\c2cccc(F)c2)nc2ccccc2c1=O. The van der Waals surface area contributed by atoms with Gasteiger partial charge in [0.25, 0.3) is 5.56 Å². The van der Waals surface area contributed by atoms with E-state index in [1.165, 1.54) is 16.7 Å². The fraction of sp³-hybridized carbons (Fsp3) is 0.150. The van der Waals surface area contributed by atoms with E-state index in [0.29, 0.717) is 28.7 Å². The van der Waals surface area contributed by atoms with E-state index in [4.69, 9.17) is 5.11 Å². The van der Waals surface area contributed by atoms with Crippen LogP contribution in [-0.4, -0.2) is 20.6 Å². The van der Waals surface area contributed by atoms with Gasteiger partial charge < -0.3 is 5.11 Å². The van der Waals surface area contributed by atoms with Crippen molar-refractivity contribution in [2.75, 3.05) is 0 Å². The second kappa shape index (κ2) is 7.74. The molecule has 0 saturated heterocycles. The normalized spacial score (nSPS) is 11.3. The van der Waals surface area contributed by atoms with Crippen molar-refractivity contribution in [3.63, 3.8) is 0 Å². The molecule has 0 aliphatic carbocycles. The summed E-state index contributed by atoms with van der Waals surface area (Å²) in [6.45, 7) is 0.242. The zero-order valence-corrected chi connectivity index (χ0v) is 13.9. The Balaban J connectivity index is 2.03. The van der Waals surface area contributed by atoms with E-state index in [0.717, 1.165) is 0 Å². The lowest BCUT2D eigenvalue weighted by molar-refractivity contribution is -0.137. The molecule has 1 heterocycles. The maximum Gasteiger partial charge on any atom is 0.303 e. The maximum atomic E-state index is 13.3. The number of rotatable bonds is 6. The third-order valence-electron chi connectivity index (χ3n) is 3.94. The summed E-state index contributed by atoms with van der Waals surface area (Å²) >= 11 is 0. The zero-order chi connectivity index (χ0) is 18.5. The van der Waals surface area contributed by atoms with Crippen LogP contribution < -0.4 is 5.56 Å². The van der Waals surface area contributed by atoms with Crippen LogP contribution in [0.1, 0.15) is 24.2 Å². The van der Waals surface area contributed by atoms with Gasteiger partial charge in [0, 0.05) is 13.0 Å². The fourth-order valence-electron chi connectivity index (χ4n) is 2.70. The molecular formula is C20H17FN2O3. The second-order valence-electron chi connectivity index (χ2n) is 5.83. The summed E-state index contributed by atoms with van der Waals surface area (Å²) in [4.78, 5) is 28.0. The monoisotopic (exact) mass is 352 g/mol. The Bertz CT molecular complexity index is 1040. The van der Waals surface area contributed by atoms with Crippen LogP contribution >= 0.6 is 0 Å². The first-order valence-electron chi connectivity index (χ1n) is 8.19. The number of hydrogen-bond donors (Lipinski definition) is 1. The highest BCUT2D eigenvalue weighted by atomic mass is 19.1. The predicted octanol–water partition coefficient (Wildman–Crippen LogP) is 3.57. The maximum absolute atomic E-state index is 13.3. The van der Waals surface area contributed by atoms with Crippen molar-refractivity contribution < 1.29 is 14.3 Å². The van der Waals surface area contributed by atoms with E-state index in [1.54, 1.807) is 48.6 Å². The molecule has 0 bridgehead atoms. The van der Waals surface area contributed by atoms with Crippen molar-refractivity contribution in [3.8, 4) is 0 Å². The van der Waals surface area contributed by atoms with Crippen LogP contribution in [0, 0.1) is 5.82 Å². The summed E-state index contributed by atoms with van der Waals surface area (Å²) in [5, 5.41) is 9.30. The smallest absolute Gasteiger partial charge is 0.303 e. The molecule has 3 aromatic rings. The van der Waals surface area contributed by atoms with Crippen molar-refractivity contribution in [1.29, 1.82) is 0 Å². The largest absolute Gasteiger partial charge is 0.481 e. The van der Waals surface area contributed by atoms with E-state index in [1.807, 2.05) is 0 Å². The van der Waals surface area contributed by atoms with Crippen LogP contribution in [0.2, 0.25) is 0 Å². The van der Waals surface area contributed by atoms with E-state index in [-0.39, 0.29) is 24.3 Å². The molecule has 1 aromatic heterocycles. The van der Waals surface area contributed by atoms with Crippen molar-refractivity contribution in [2.45, 2.75) is 19.4 Å². The minimum absolute atomic E-state index is 0.0354. The molecule has 0 aliphatic rings. The third-order valence-corrected chi connectivity index (χ3v) is 3.94. The predicted molar refractivity (Wildman–Crippen MR) is 98.2 cm³/mol. The molecule has 0 atom stereocenters. The molecule has 0 aliphatic heterocycles. The lowest BCUT2D eigenvalue weighted by atomic mass is 10.2. The number of aliphatic carboxylic acids is 1. The van der Waals surface area contributed by atoms with Crippen LogP contribution in [0.4, 0.5) is 4.39 Å². The quantitative estimate of drug-likeness (QED) is 0.736. The molecule has 0 saturated carbocycles. The second-order valence-corrected chi connectivity index (χ2v) is 5.83. The molecule has 0 radical (unpaired) electrons. The molecule has 0 spiro atoms. The summed E-state index contributed by atoms with van der Waals surface area (Å²) in [7, 11) is 0. The van der Waals surface area contributed by atoms with E-state index < -0.39 is 5.97 Å². The molecule has 1 N–H and O–H groups in total. The molecule has 3 rings (SSSR count). The number of aromatic nitrogens is 2. The fourth-order valence-corrected chi connectivity index (χ4v) is 2.70. The van der Waals surface area contributed by atoms with Gasteiger partial charge in [-0.1, -0.05) is 30.3 Å². The zero-order valence-electron chi connectivity index (χ0n) is 13.9. The lowest BCUT2D eigenvalue weighted by Gasteiger charge is -2.10. The molecule has 2 aromatic carbocycles. The van der Waals surface area contributed by atoms with Crippen molar-refractivity contribution in [3.05, 3.63) is 76.1 Å². The Labute approximate surface area is 149 Å². The number of para-hydroxylation sites is 1. The first-order valence-corrected chi connectivity index (χ1v) is 8.19.